The molecule has 6 nitrogen and oxygen atoms in total. The molecule has 4 aromatic rings. The maximum atomic E-state index is 12.0. The first-order chi connectivity index (χ1) is 13.7. The molecular formula is C22H20N4O2. The summed E-state index contributed by atoms with van der Waals surface area (Å²) in [6.07, 6.45) is 9.57. The van der Waals surface area contributed by atoms with E-state index in [0.717, 1.165) is 46.3 Å². The largest absolute Gasteiger partial charge is 0.392 e. The van der Waals surface area contributed by atoms with Gasteiger partial charge in [0.15, 0.2) is 5.82 Å². The van der Waals surface area contributed by atoms with Crippen molar-refractivity contribution < 1.29 is 9.90 Å². The quantitative estimate of drug-likeness (QED) is 0.498. The molecule has 3 heterocycles. The van der Waals surface area contributed by atoms with Gasteiger partial charge in [0, 0.05) is 24.5 Å². The number of carbonyl (C=O) groups excluding carboxylic acids is 1. The molecule has 0 bridgehead atoms. The molecule has 0 unspecified atom stereocenters. The monoisotopic (exact) mass is 372 g/mol. The van der Waals surface area contributed by atoms with Crippen LogP contribution in [-0.2, 0) is 11.4 Å². The van der Waals surface area contributed by atoms with Crippen molar-refractivity contribution in [1.82, 2.24) is 14.4 Å². The summed E-state index contributed by atoms with van der Waals surface area (Å²) in [4.78, 5) is 19.5. The minimum atomic E-state index is -0.0343. The molecule has 6 heteroatoms. The van der Waals surface area contributed by atoms with Crippen LogP contribution in [0.2, 0.25) is 0 Å². The maximum Gasteiger partial charge on any atom is 0.228 e. The lowest BCUT2D eigenvalue weighted by Crippen LogP contribution is -2.13. The van der Waals surface area contributed by atoms with Crippen molar-refractivity contribution in [3.05, 3.63) is 66.7 Å². The SMILES string of the molecule is O=C(Nc1cn2cc(-c3cc(-c4cc[nH]c4)ccc3CO)ccc2n1)C1CC1. The van der Waals surface area contributed by atoms with Crippen LogP contribution < -0.4 is 5.32 Å². The van der Waals surface area contributed by atoms with E-state index in [0.29, 0.717) is 5.82 Å². The predicted octanol–water partition coefficient (Wildman–Crippen LogP) is 3.84. The van der Waals surface area contributed by atoms with E-state index in [4.69, 9.17) is 0 Å². The van der Waals surface area contributed by atoms with Crippen molar-refractivity contribution in [1.29, 1.82) is 0 Å². The normalized spacial score (nSPS) is 13.8. The van der Waals surface area contributed by atoms with E-state index < -0.39 is 0 Å². The van der Waals surface area contributed by atoms with E-state index in [1.54, 1.807) is 0 Å². The number of imidazole rings is 1. The first kappa shape index (κ1) is 16.8. The molecular weight excluding hydrogens is 352 g/mol. The summed E-state index contributed by atoms with van der Waals surface area (Å²) < 4.78 is 1.90. The van der Waals surface area contributed by atoms with Crippen LogP contribution in [0.1, 0.15) is 18.4 Å². The van der Waals surface area contributed by atoms with Gasteiger partial charge in [0.05, 0.1) is 12.8 Å². The first-order valence-electron chi connectivity index (χ1n) is 9.38. The van der Waals surface area contributed by atoms with Crippen LogP contribution in [0.3, 0.4) is 0 Å². The second-order valence-corrected chi connectivity index (χ2v) is 7.20. The summed E-state index contributed by atoms with van der Waals surface area (Å²) in [6, 6.07) is 12.0. The number of hydrogen-bond acceptors (Lipinski definition) is 3. The van der Waals surface area contributed by atoms with Gasteiger partial charge in [-0.1, -0.05) is 12.1 Å². The molecule has 1 amide bonds. The number of amides is 1. The topological polar surface area (TPSA) is 82.4 Å². The zero-order valence-corrected chi connectivity index (χ0v) is 15.2. The van der Waals surface area contributed by atoms with Crippen molar-refractivity contribution in [2.24, 2.45) is 5.92 Å². The van der Waals surface area contributed by atoms with Gasteiger partial charge in [0.2, 0.25) is 5.91 Å². The number of H-pyrrole nitrogens is 1. The van der Waals surface area contributed by atoms with E-state index in [2.05, 4.69) is 21.4 Å². The Labute approximate surface area is 161 Å². The van der Waals surface area contributed by atoms with Crippen LogP contribution in [0.25, 0.3) is 27.9 Å². The summed E-state index contributed by atoms with van der Waals surface area (Å²) in [5, 5.41) is 12.7. The molecule has 1 fully saturated rings. The second-order valence-electron chi connectivity index (χ2n) is 7.20. The zero-order chi connectivity index (χ0) is 19.1. The lowest BCUT2D eigenvalue weighted by atomic mass is 9.96. The van der Waals surface area contributed by atoms with Gasteiger partial charge in [-0.3, -0.25) is 4.79 Å². The minimum absolute atomic E-state index is 0.0343. The third-order valence-corrected chi connectivity index (χ3v) is 5.17. The molecule has 28 heavy (non-hydrogen) atoms. The highest BCUT2D eigenvalue weighted by atomic mass is 16.3. The molecule has 3 aromatic heterocycles. The molecule has 5 rings (SSSR count). The number of benzene rings is 1. The number of nitrogens with one attached hydrogen (secondary N) is 2. The van der Waals surface area contributed by atoms with Crippen LogP contribution >= 0.6 is 0 Å². The highest BCUT2D eigenvalue weighted by molar-refractivity contribution is 5.93. The Hall–Kier alpha value is -3.38. The van der Waals surface area contributed by atoms with Gasteiger partial charge in [-0.05, 0) is 64.9 Å². The number of hydrogen-bond donors (Lipinski definition) is 3. The van der Waals surface area contributed by atoms with Gasteiger partial charge in [-0.25, -0.2) is 4.98 Å². The number of carbonyl (C=O) groups is 1. The number of fused-ring (bicyclic) bond motifs is 1. The fourth-order valence-electron chi connectivity index (χ4n) is 3.45. The van der Waals surface area contributed by atoms with Crippen molar-refractivity contribution >= 4 is 17.4 Å². The Morgan fingerprint density at radius 3 is 2.75 bits per heavy atom. The van der Waals surface area contributed by atoms with E-state index in [-0.39, 0.29) is 18.4 Å². The van der Waals surface area contributed by atoms with Crippen LogP contribution in [0.5, 0.6) is 0 Å². The molecule has 0 atom stereocenters. The number of nitrogens with zero attached hydrogens (tertiary/aromatic N) is 2. The average Bonchev–Trinajstić information content (AvgIpc) is 3.27. The number of pyridine rings is 1. The maximum absolute atomic E-state index is 12.0. The van der Waals surface area contributed by atoms with Gasteiger partial charge in [0.25, 0.3) is 0 Å². The van der Waals surface area contributed by atoms with E-state index in [1.165, 1.54) is 0 Å². The van der Waals surface area contributed by atoms with Crippen LogP contribution in [0, 0.1) is 5.92 Å². The highest BCUT2D eigenvalue weighted by Crippen LogP contribution is 2.31. The molecule has 1 aliphatic carbocycles. The number of aromatic nitrogens is 3. The van der Waals surface area contributed by atoms with Gasteiger partial charge < -0.3 is 19.8 Å². The molecule has 0 radical (unpaired) electrons. The number of aromatic amines is 1. The van der Waals surface area contributed by atoms with E-state index in [9.17, 15) is 9.90 Å². The van der Waals surface area contributed by atoms with Gasteiger partial charge in [0.1, 0.15) is 5.65 Å². The summed E-state index contributed by atoms with van der Waals surface area (Å²) in [6.45, 7) is -0.0343. The Morgan fingerprint density at radius 1 is 1.14 bits per heavy atom. The first-order valence-corrected chi connectivity index (χ1v) is 9.38. The number of rotatable bonds is 5. The fraction of sp³-hybridized carbons (Fsp3) is 0.182. The average molecular weight is 372 g/mol. The van der Waals surface area contributed by atoms with Gasteiger partial charge in [-0.15, -0.1) is 0 Å². The summed E-state index contributed by atoms with van der Waals surface area (Å²) in [7, 11) is 0. The molecule has 3 N–H and O–H groups in total. The smallest absolute Gasteiger partial charge is 0.228 e. The molecule has 0 saturated heterocycles. The summed E-state index contributed by atoms with van der Waals surface area (Å²) in [5.41, 5.74) is 5.76. The standard InChI is InChI=1S/C22H20N4O2/c27-13-18-4-3-15(16-7-8-23-10-16)9-19(18)17-5-6-21-24-20(12-26(21)11-17)25-22(28)14-1-2-14/h3-12,14,23,27H,1-2,13H2,(H,25,28). The lowest BCUT2D eigenvalue weighted by molar-refractivity contribution is -0.117. The second kappa shape index (κ2) is 6.65. The van der Waals surface area contributed by atoms with Crippen molar-refractivity contribution in [2.75, 3.05) is 5.32 Å². The number of aliphatic hydroxyl groups is 1. The molecule has 1 aliphatic rings. The summed E-state index contributed by atoms with van der Waals surface area (Å²) in [5.74, 6) is 0.756. The minimum Gasteiger partial charge on any atom is -0.392 e. The van der Waals surface area contributed by atoms with Crippen molar-refractivity contribution in [3.63, 3.8) is 0 Å². The third-order valence-electron chi connectivity index (χ3n) is 5.17. The molecule has 1 saturated carbocycles. The predicted molar refractivity (Wildman–Crippen MR) is 108 cm³/mol. The van der Waals surface area contributed by atoms with Crippen molar-refractivity contribution in [3.8, 4) is 22.3 Å². The van der Waals surface area contributed by atoms with Gasteiger partial charge >= 0.3 is 0 Å². The van der Waals surface area contributed by atoms with Crippen LogP contribution in [0.4, 0.5) is 5.82 Å². The molecule has 140 valence electrons. The number of aliphatic hydroxyl groups excluding tert-OH is 1. The molecule has 0 aliphatic heterocycles. The number of anilines is 1. The zero-order valence-electron chi connectivity index (χ0n) is 15.2. The molecule has 1 aromatic carbocycles. The van der Waals surface area contributed by atoms with Gasteiger partial charge in [-0.2, -0.15) is 0 Å². The van der Waals surface area contributed by atoms with E-state index in [1.807, 2.05) is 59.5 Å². The Morgan fingerprint density at radius 2 is 2.00 bits per heavy atom. The fourth-order valence-corrected chi connectivity index (χ4v) is 3.45. The van der Waals surface area contributed by atoms with Crippen molar-refractivity contribution in [2.45, 2.75) is 19.4 Å². The Kier molecular flexibility index (Phi) is 3.98. The van der Waals surface area contributed by atoms with Crippen LogP contribution in [0.15, 0.2) is 61.2 Å². The van der Waals surface area contributed by atoms with Crippen LogP contribution in [-0.4, -0.2) is 25.4 Å². The summed E-state index contributed by atoms with van der Waals surface area (Å²) >= 11 is 0. The molecule has 0 spiro atoms. The highest BCUT2D eigenvalue weighted by Gasteiger charge is 2.30. The Balaban J connectivity index is 1.53. The third kappa shape index (κ3) is 3.08. The lowest BCUT2D eigenvalue weighted by Gasteiger charge is -2.10. The van der Waals surface area contributed by atoms with E-state index >= 15 is 0 Å². The Bertz CT molecular complexity index is 1160.